The van der Waals surface area contributed by atoms with Crippen molar-refractivity contribution >= 4 is 24.3 Å². The minimum absolute atomic E-state index is 0. The van der Waals surface area contributed by atoms with Gasteiger partial charge < -0.3 is 15.8 Å². The first-order chi connectivity index (χ1) is 12.2. The smallest absolute Gasteiger partial charge is 0.407 e. The molecule has 0 aliphatic rings. The van der Waals surface area contributed by atoms with Crippen LogP contribution in [0.4, 0.5) is 4.79 Å². The number of carbonyl (C=O) groups excluding carboxylic acids is 2. The molecule has 1 heterocycles. The molecule has 26 heavy (non-hydrogen) atoms. The highest BCUT2D eigenvalue weighted by molar-refractivity contribution is 5.98. The predicted molar refractivity (Wildman–Crippen MR) is 102 cm³/mol. The fourth-order valence-corrected chi connectivity index (χ4v) is 2.28. The molecule has 7 heteroatoms. The summed E-state index contributed by atoms with van der Waals surface area (Å²) in [6.45, 7) is 0.730. The van der Waals surface area contributed by atoms with Gasteiger partial charge in [-0.1, -0.05) is 36.4 Å². The summed E-state index contributed by atoms with van der Waals surface area (Å²) in [6, 6.07) is 14.1. The predicted octanol–water partition coefficient (Wildman–Crippen LogP) is 3.11. The Morgan fingerprint density at radius 2 is 1.81 bits per heavy atom. The van der Waals surface area contributed by atoms with Crippen LogP contribution in [0, 0.1) is 0 Å². The van der Waals surface area contributed by atoms with E-state index in [2.05, 4.69) is 10.3 Å². The molecule has 6 nitrogen and oxygen atoms in total. The van der Waals surface area contributed by atoms with E-state index in [9.17, 15) is 9.59 Å². The first-order valence-electron chi connectivity index (χ1n) is 8.32. The Balaban J connectivity index is 0.00000338. The molecule has 1 atom stereocenters. The average molecular weight is 378 g/mol. The first kappa shape index (κ1) is 21.6. The van der Waals surface area contributed by atoms with Crippen LogP contribution in [-0.4, -0.2) is 29.4 Å². The molecule has 140 valence electrons. The van der Waals surface area contributed by atoms with Gasteiger partial charge in [-0.15, -0.1) is 12.4 Å². The summed E-state index contributed by atoms with van der Waals surface area (Å²) >= 11 is 0. The maximum absolute atomic E-state index is 12.1. The molecule has 1 aromatic heterocycles. The van der Waals surface area contributed by atoms with Crippen molar-refractivity contribution in [2.75, 3.05) is 6.54 Å². The van der Waals surface area contributed by atoms with Gasteiger partial charge in [0.1, 0.15) is 12.3 Å². The minimum Gasteiger partial charge on any atom is -0.445 e. The summed E-state index contributed by atoms with van der Waals surface area (Å²) in [5, 5.41) is 2.69. The number of benzene rings is 1. The number of unbranched alkanes of at least 4 members (excludes halogenated alkanes) is 1. The van der Waals surface area contributed by atoms with E-state index in [1.165, 1.54) is 0 Å². The van der Waals surface area contributed by atoms with Crippen molar-refractivity contribution in [3.05, 3.63) is 66.0 Å². The largest absolute Gasteiger partial charge is 0.445 e. The maximum Gasteiger partial charge on any atom is 0.407 e. The Bertz CT molecular complexity index is 668. The van der Waals surface area contributed by atoms with Crippen LogP contribution >= 0.6 is 12.4 Å². The van der Waals surface area contributed by atoms with Crippen molar-refractivity contribution in [1.29, 1.82) is 0 Å². The van der Waals surface area contributed by atoms with Gasteiger partial charge in [0.2, 0.25) is 0 Å². The Morgan fingerprint density at radius 3 is 2.50 bits per heavy atom. The number of hydrogen-bond donors (Lipinski definition) is 2. The molecule has 1 amide bonds. The Hall–Kier alpha value is -2.44. The monoisotopic (exact) mass is 377 g/mol. The molecule has 0 aliphatic heterocycles. The average Bonchev–Trinajstić information content (AvgIpc) is 2.67. The zero-order valence-electron chi connectivity index (χ0n) is 14.5. The number of nitrogens with zero attached hydrogens (tertiary/aromatic N) is 1. The third kappa shape index (κ3) is 7.63. The highest BCUT2D eigenvalue weighted by atomic mass is 35.5. The molecule has 0 unspecified atom stereocenters. The summed E-state index contributed by atoms with van der Waals surface area (Å²) in [6.07, 6.45) is 3.14. The number of aromatic nitrogens is 1. The van der Waals surface area contributed by atoms with Gasteiger partial charge in [0.15, 0.2) is 5.78 Å². The lowest BCUT2D eigenvalue weighted by atomic mass is 10.0. The van der Waals surface area contributed by atoms with E-state index in [1.807, 2.05) is 30.3 Å². The second-order valence-corrected chi connectivity index (χ2v) is 5.67. The third-order valence-corrected chi connectivity index (χ3v) is 3.68. The highest BCUT2D eigenvalue weighted by Gasteiger charge is 2.16. The number of amides is 1. The van der Waals surface area contributed by atoms with Gasteiger partial charge >= 0.3 is 6.09 Å². The molecule has 3 N–H and O–H groups in total. The van der Waals surface area contributed by atoms with E-state index in [1.54, 1.807) is 24.4 Å². The molecule has 0 fully saturated rings. The quantitative estimate of drug-likeness (QED) is 0.517. The second kappa shape index (κ2) is 12.0. The lowest BCUT2D eigenvalue weighted by molar-refractivity contribution is 0.0950. The van der Waals surface area contributed by atoms with Gasteiger partial charge in [-0.05, 0) is 37.0 Å². The molecule has 0 radical (unpaired) electrons. The van der Waals surface area contributed by atoms with Crippen molar-refractivity contribution in [2.45, 2.75) is 31.9 Å². The zero-order valence-corrected chi connectivity index (χ0v) is 15.3. The summed E-state index contributed by atoms with van der Waals surface area (Å²) in [5.74, 6) is -0.157. The molecule has 2 aromatic rings. The lowest BCUT2D eigenvalue weighted by Crippen LogP contribution is -2.31. The van der Waals surface area contributed by atoms with Gasteiger partial charge in [-0.3, -0.25) is 9.78 Å². The molecule has 1 aromatic carbocycles. The van der Waals surface area contributed by atoms with Gasteiger partial charge in [-0.2, -0.15) is 0 Å². The van der Waals surface area contributed by atoms with Crippen molar-refractivity contribution in [3.63, 3.8) is 0 Å². The molecule has 0 saturated carbocycles. The number of Topliss-reactive ketones (excluding diaryl/α,β-unsaturated/α-hetero) is 1. The van der Waals surface area contributed by atoms with Crippen molar-refractivity contribution in [2.24, 2.45) is 5.73 Å². The van der Waals surface area contributed by atoms with E-state index < -0.39 is 12.1 Å². The maximum atomic E-state index is 12.1. The Kier molecular flexibility index (Phi) is 9.97. The second-order valence-electron chi connectivity index (χ2n) is 5.67. The number of nitrogens with two attached hydrogens (primary N) is 1. The molecule has 0 aliphatic carbocycles. The van der Waals surface area contributed by atoms with Crippen LogP contribution in [0.25, 0.3) is 0 Å². The van der Waals surface area contributed by atoms with Crippen LogP contribution in [0.1, 0.15) is 35.3 Å². The molecular formula is C19H24ClN3O3. The molecule has 0 saturated heterocycles. The number of pyridine rings is 1. The number of ketones is 1. The van der Waals surface area contributed by atoms with Gasteiger partial charge in [-0.25, -0.2) is 4.79 Å². The Morgan fingerprint density at radius 1 is 1.08 bits per heavy atom. The lowest BCUT2D eigenvalue weighted by Gasteiger charge is -2.10. The first-order valence-corrected chi connectivity index (χ1v) is 8.32. The molecular weight excluding hydrogens is 354 g/mol. The van der Waals surface area contributed by atoms with E-state index in [0.717, 1.165) is 18.4 Å². The van der Waals surface area contributed by atoms with E-state index in [4.69, 9.17) is 10.5 Å². The van der Waals surface area contributed by atoms with Gasteiger partial charge in [0.05, 0.1) is 6.04 Å². The number of halogens is 1. The number of carbonyl (C=O) groups is 2. The summed E-state index contributed by atoms with van der Waals surface area (Å²) in [4.78, 5) is 27.7. The number of nitrogens with one attached hydrogen (secondary N) is 1. The van der Waals surface area contributed by atoms with Crippen LogP contribution < -0.4 is 11.1 Å². The van der Waals surface area contributed by atoms with Crippen LogP contribution in [0.15, 0.2) is 54.7 Å². The van der Waals surface area contributed by atoms with E-state index in [0.29, 0.717) is 18.7 Å². The summed E-state index contributed by atoms with van der Waals surface area (Å²) in [7, 11) is 0. The molecule has 0 spiro atoms. The topological polar surface area (TPSA) is 94.3 Å². The van der Waals surface area contributed by atoms with Crippen LogP contribution in [0.2, 0.25) is 0 Å². The SMILES string of the molecule is Cl.N[C@@H](CCCCNC(=O)OCc1ccccc1)C(=O)c1ccccn1. The van der Waals surface area contributed by atoms with Crippen LogP contribution in [0.5, 0.6) is 0 Å². The number of rotatable bonds is 9. The van der Waals surface area contributed by atoms with Gasteiger partial charge in [0, 0.05) is 12.7 Å². The van der Waals surface area contributed by atoms with Crippen molar-refractivity contribution < 1.29 is 14.3 Å². The zero-order chi connectivity index (χ0) is 17.9. The standard InChI is InChI=1S/C19H23N3O3.ClH/c20-16(18(23)17-11-5-7-12-21-17)10-4-6-13-22-19(24)25-14-15-8-2-1-3-9-15;/h1-3,5,7-9,11-12,16H,4,6,10,13-14,20H2,(H,22,24);1H/t16-;/m0./s1. The van der Waals surface area contributed by atoms with E-state index in [-0.39, 0.29) is 24.8 Å². The fraction of sp³-hybridized carbons (Fsp3) is 0.316. The summed E-state index contributed by atoms with van der Waals surface area (Å²) < 4.78 is 5.11. The third-order valence-electron chi connectivity index (χ3n) is 3.68. The van der Waals surface area contributed by atoms with E-state index >= 15 is 0 Å². The summed E-state index contributed by atoms with van der Waals surface area (Å²) in [5.41, 5.74) is 7.23. The number of ether oxygens (including phenoxy) is 1. The van der Waals surface area contributed by atoms with Crippen LogP contribution in [0.3, 0.4) is 0 Å². The van der Waals surface area contributed by atoms with Crippen molar-refractivity contribution in [3.8, 4) is 0 Å². The number of alkyl carbamates (subject to hydrolysis) is 1. The fourth-order valence-electron chi connectivity index (χ4n) is 2.28. The van der Waals surface area contributed by atoms with Gasteiger partial charge in [0.25, 0.3) is 0 Å². The number of hydrogen-bond acceptors (Lipinski definition) is 5. The molecule has 2 rings (SSSR count). The normalized spacial score (nSPS) is 11.1. The van der Waals surface area contributed by atoms with Crippen molar-refractivity contribution in [1.82, 2.24) is 10.3 Å². The highest BCUT2D eigenvalue weighted by Crippen LogP contribution is 2.05. The van der Waals surface area contributed by atoms with Crippen LogP contribution in [-0.2, 0) is 11.3 Å². The Labute approximate surface area is 159 Å². The molecule has 0 bridgehead atoms. The minimum atomic E-state index is -0.570.